The zero-order chi connectivity index (χ0) is 22.8. The maximum absolute atomic E-state index is 13.1. The van der Waals surface area contributed by atoms with Gasteiger partial charge in [0.25, 0.3) is 0 Å². The van der Waals surface area contributed by atoms with E-state index in [9.17, 15) is 9.59 Å². The molecule has 174 valence electrons. The SMILES string of the molecule is C=N/C(C=O)=C\SC[C@H](CCC)CC(C(C)C)N(CCCCCC)C(=O)CCCC. The van der Waals surface area contributed by atoms with E-state index in [0.29, 0.717) is 29.9 Å². The van der Waals surface area contributed by atoms with Crippen LogP contribution in [-0.2, 0) is 9.59 Å². The molecule has 1 amide bonds. The zero-order valence-electron chi connectivity index (χ0n) is 20.2. The Hall–Kier alpha value is -1.10. The largest absolute Gasteiger partial charge is 0.339 e. The summed E-state index contributed by atoms with van der Waals surface area (Å²) in [5, 5.41) is 1.81. The van der Waals surface area contributed by atoms with Gasteiger partial charge >= 0.3 is 0 Å². The molecule has 0 bridgehead atoms. The molecule has 0 aliphatic heterocycles. The van der Waals surface area contributed by atoms with Crippen LogP contribution in [0, 0.1) is 11.8 Å². The van der Waals surface area contributed by atoms with Gasteiger partial charge in [-0.3, -0.25) is 14.6 Å². The van der Waals surface area contributed by atoms with E-state index < -0.39 is 0 Å². The van der Waals surface area contributed by atoms with Crippen molar-refractivity contribution in [3.05, 3.63) is 11.1 Å². The van der Waals surface area contributed by atoms with Crippen LogP contribution in [0.3, 0.4) is 0 Å². The predicted octanol–water partition coefficient (Wildman–Crippen LogP) is 6.89. The van der Waals surface area contributed by atoms with E-state index in [4.69, 9.17) is 0 Å². The van der Waals surface area contributed by atoms with Gasteiger partial charge in [0.1, 0.15) is 5.70 Å². The Kier molecular flexibility index (Phi) is 18.0. The number of amides is 1. The van der Waals surface area contributed by atoms with Crippen LogP contribution in [0.5, 0.6) is 0 Å². The topological polar surface area (TPSA) is 49.7 Å². The Morgan fingerprint density at radius 1 is 1.07 bits per heavy atom. The number of carbonyl (C=O) groups is 2. The average molecular weight is 439 g/mol. The summed E-state index contributed by atoms with van der Waals surface area (Å²) in [6.07, 6.45) is 11.5. The van der Waals surface area contributed by atoms with Crippen molar-refractivity contribution in [2.75, 3.05) is 12.3 Å². The van der Waals surface area contributed by atoms with Crippen LogP contribution in [0.1, 0.15) is 98.8 Å². The molecular formula is C25H46N2O2S. The van der Waals surface area contributed by atoms with Crippen LogP contribution in [0.15, 0.2) is 16.1 Å². The smallest absolute Gasteiger partial charge is 0.222 e. The van der Waals surface area contributed by atoms with E-state index in [2.05, 4.69) is 51.2 Å². The minimum Gasteiger partial charge on any atom is -0.339 e. The second-order valence-electron chi connectivity index (χ2n) is 8.61. The highest BCUT2D eigenvalue weighted by Gasteiger charge is 2.28. The highest BCUT2D eigenvalue weighted by Crippen LogP contribution is 2.27. The van der Waals surface area contributed by atoms with E-state index in [1.807, 2.05) is 5.41 Å². The summed E-state index contributed by atoms with van der Waals surface area (Å²) in [4.78, 5) is 30.0. The highest BCUT2D eigenvalue weighted by molar-refractivity contribution is 8.02. The van der Waals surface area contributed by atoms with Crippen LogP contribution in [0.4, 0.5) is 0 Å². The van der Waals surface area contributed by atoms with E-state index in [-0.39, 0.29) is 6.04 Å². The first-order valence-electron chi connectivity index (χ1n) is 12.0. The number of hydrogen-bond acceptors (Lipinski definition) is 4. The van der Waals surface area contributed by atoms with Gasteiger partial charge in [0.2, 0.25) is 5.91 Å². The second kappa shape index (κ2) is 18.7. The van der Waals surface area contributed by atoms with Crippen molar-refractivity contribution in [3.63, 3.8) is 0 Å². The van der Waals surface area contributed by atoms with Gasteiger partial charge in [0, 0.05) is 24.8 Å². The summed E-state index contributed by atoms with van der Waals surface area (Å²) in [7, 11) is 0. The predicted molar refractivity (Wildman–Crippen MR) is 133 cm³/mol. The van der Waals surface area contributed by atoms with Crippen molar-refractivity contribution in [2.45, 2.75) is 105 Å². The van der Waals surface area contributed by atoms with Crippen LogP contribution >= 0.6 is 11.8 Å². The Bertz CT molecular complexity index is 495. The third kappa shape index (κ3) is 12.6. The zero-order valence-corrected chi connectivity index (χ0v) is 21.0. The minimum atomic E-state index is 0.278. The van der Waals surface area contributed by atoms with E-state index >= 15 is 0 Å². The molecule has 30 heavy (non-hydrogen) atoms. The molecule has 4 nitrogen and oxygen atoms in total. The van der Waals surface area contributed by atoms with Crippen molar-refractivity contribution in [1.82, 2.24) is 4.90 Å². The first kappa shape index (κ1) is 28.9. The van der Waals surface area contributed by atoms with E-state index in [0.717, 1.165) is 57.1 Å². The summed E-state index contributed by atoms with van der Waals surface area (Å²) in [6, 6.07) is 0.278. The molecule has 0 spiro atoms. The second-order valence-corrected chi connectivity index (χ2v) is 9.51. The van der Waals surface area contributed by atoms with Gasteiger partial charge in [0.15, 0.2) is 6.29 Å². The molecule has 0 fully saturated rings. The van der Waals surface area contributed by atoms with Crippen LogP contribution in [0.2, 0.25) is 0 Å². The third-order valence-electron chi connectivity index (χ3n) is 5.60. The maximum Gasteiger partial charge on any atom is 0.222 e. The molecule has 0 heterocycles. The summed E-state index contributed by atoms with van der Waals surface area (Å²) in [5.74, 6) is 2.21. The third-order valence-corrected chi connectivity index (χ3v) is 6.67. The Balaban J connectivity index is 5.29. The molecule has 0 radical (unpaired) electrons. The molecule has 0 saturated heterocycles. The quantitative estimate of drug-likeness (QED) is 0.0954. The summed E-state index contributed by atoms with van der Waals surface area (Å²) < 4.78 is 0. The molecular weight excluding hydrogens is 392 g/mol. The molecule has 0 aliphatic carbocycles. The molecule has 0 aromatic rings. The summed E-state index contributed by atoms with van der Waals surface area (Å²) in [6.45, 7) is 15.4. The molecule has 0 saturated carbocycles. The van der Waals surface area contributed by atoms with Gasteiger partial charge in [-0.1, -0.05) is 66.7 Å². The molecule has 0 aromatic heterocycles. The fourth-order valence-electron chi connectivity index (χ4n) is 3.81. The maximum atomic E-state index is 13.1. The summed E-state index contributed by atoms with van der Waals surface area (Å²) in [5.41, 5.74) is 0.392. The monoisotopic (exact) mass is 438 g/mol. The van der Waals surface area contributed by atoms with Gasteiger partial charge in [-0.2, -0.15) is 0 Å². The Labute approximate surface area is 190 Å². The molecule has 2 atom stereocenters. The molecule has 1 unspecified atom stereocenters. The number of thioether (sulfide) groups is 1. The Morgan fingerprint density at radius 3 is 2.30 bits per heavy atom. The number of nitrogens with zero attached hydrogens (tertiary/aromatic N) is 2. The summed E-state index contributed by atoms with van der Waals surface area (Å²) >= 11 is 1.64. The fraction of sp³-hybridized carbons (Fsp3) is 0.800. The van der Waals surface area contributed by atoms with Crippen LogP contribution in [0.25, 0.3) is 0 Å². The molecule has 0 aromatic carbocycles. The first-order chi connectivity index (χ1) is 14.4. The van der Waals surface area contributed by atoms with Gasteiger partial charge in [-0.05, 0) is 49.6 Å². The van der Waals surface area contributed by atoms with E-state index in [1.54, 1.807) is 11.8 Å². The van der Waals surface area contributed by atoms with Gasteiger partial charge in [0.05, 0.1) is 0 Å². The Morgan fingerprint density at radius 2 is 1.77 bits per heavy atom. The van der Waals surface area contributed by atoms with Crippen molar-refractivity contribution < 1.29 is 9.59 Å². The van der Waals surface area contributed by atoms with Gasteiger partial charge in [-0.25, -0.2) is 0 Å². The van der Waals surface area contributed by atoms with Crippen molar-refractivity contribution >= 4 is 30.7 Å². The molecule has 0 rings (SSSR count). The number of unbranched alkanes of at least 4 members (excludes halogenated alkanes) is 4. The van der Waals surface area contributed by atoms with Crippen LogP contribution in [-0.4, -0.2) is 42.2 Å². The lowest BCUT2D eigenvalue weighted by molar-refractivity contribution is -0.135. The number of aldehydes is 1. The molecule has 0 N–H and O–H groups in total. The average Bonchev–Trinajstić information content (AvgIpc) is 2.73. The van der Waals surface area contributed by atoms with E-state index in [1.165, 1.54) is 19.3 Å². The molecule has 5 heteroatoms. The molecule has 0 aliphatic rings. The van der Waals surface area contributed by atoms with Crippen molar-refractivity contribution in [3.8, 4) is 0 Å². The fourth-order valence-corrected chi connectivity index (χ4v) is 4.78. The minimum absolute atomic E-state index is 0.278. The number of allylic oxidation sites excluding steroid dienone is 1. The van der Waals surface area contributed by atoms with Crippen LogP contribution < -0.4 is 0 Å². The number of carbonyl (C=O) groups excluding carboxylic acids is 2. The highest BCUT2D eigenvalue weighted by atomic mass is 32.2. The lowest BCUT2D eigenvalue weighted by Crippen LogP contribution is -2.45. The lowest BCUT2D eigenvalue weighted by Gasteiger charge is -2.37. The number of rotatable bonds is 19. The first-order valence-corrected chi connectivity index (χ1v) is 13.0. The van der Waals surface area contributed by atoms with Gasteiger partial charge < -0.3 is 4.90 Å². The normalized spacial score (nSPS) is 13.9. The van der Waals surface area contributed by atoms with Gasteiger partial charge in [-0.15, -0.1) is 11.8 Å². The lowest BCUT2D eigenvalue weighted by atomic mass is 9.89. The van der Waals surface area contributed by atoms with Crippen molar-refractivity contribution in [1.29, 1.82) is 0 Å². The standard InChI is InChI=1S/C25H46N2O2S/c1-7-10-12-13-16-27(25(29)15-11-8-2)24(21(4)5)17-22(14-9-3)19-30-20-23(18-28)26-6/h18,20-22,24H,6-17,19H2,1-5H3/b23-20-/t22-,24?/m1/s1. The van der Waals surface area contributed by atoms with Crippen molar-refractivity contribution in [2.24, 2.45) is 16.8 Å². The number of hydrogen-bond donors (Lipinski definition) is 0. The number of aliphatic imine (C=N–C) groups is 1.